The molecule has 2 N–H and O–H groups in total. The molecule has 1 saturated heterocycles. The van der Waals surface area contributed by atoms with Gasteiger partial charge in [-0.3, -0.25) is 9.89 Å². The Morgan fingerprint density at radius 1 is 1.25 bits per heavy atom. The standard InChI is InChI=1S/C24H37N5OS.HI/c1-18(21-5-7-23(30-4)8-6-21)9-12-26-24(25-3)27-15-20-10-13-29(14-11-20)16-22-17-31-19(2)28-22;/h5-8,17-18,20H,9-16H2,1-4H3,(H2,25,26,27);1H. The molecule has 3 rings (SSSR count). The van der Waals surface area contributed by atoms with Crippen molar-refractivity contribution in [1.29, 1.82) is 0 Å². The van der Waals surface area contributed by atoms with Gasteiger partial charge in [0.05, 0.1) is 17.8 Å². The summed E-state index contributed by atoms with van der Waals surface area (Å²) in [6.45, 7) is 9.51. The van der Waals surface area contributed by atoms with Crippen LogP contribution in [-0.2, 0) is 6.54 Å². The lowest BCUT2D eigenvalue weighted by Crippen LogP contribution is -2.43. The van der Waals surface area contributed by atoms with Crippen molar-refractivity contribution >= 4 is 41.3 Å². The molecule has 1 aliphatic rings. The van der Waals surface area contributed by atoms with E-state index in [2.05, 4.69) is 56.9 Å². The van der Waals surface area contributed by atoms with Crippen molar-refractivity contribution in [2.24, 2.45) is 10.9 Å². The van der Waals surface area contributed by atoms with Crippen LogP contribution < -0.4 is 15.4 Å². The van der Waals surface area contributed by atoms with Crippen molar-refractivity contribution in [1.82, 2.24) is 20.5 Å². The Morgan fingerprint density at radius 2 is 1.97 bits per heavy atom. The van der Waals surface area contributed by atoms with Crippen LogP contribution in [-0.4, -0.2) is 56.2 Å². The molecule has 0 saturated carbocycles. The van der Waals surface area contributed by atoms with Gasteiger partial charge >= 0.3 is 0 Å². The van der Waals surface area contributed by atoms with Crippen molar-refractivity contribution in [2.45, 2.75) is 45.6 Å². The predicted molar refractivity (Wildman–Crippen MR) is 146 cm³/mol. The molecule has 1 atom stereocenters. The maximum Gasteiger partial charge on any atom is 0.190 e. The van der Waals surface area contributed by atoms with Gasteiger partial charge in [-0.2, -0.15) is 0 Å². The van der Waals surface area contributed by atoms with Crippen LogP contribution in [0.1, 0.15) is 48.4 Å². The summed E-state index contributed by atoms with van der Waals surface area (Å²) >= 11 is 1.74. The van der Waals surface area contributed by atoms with E-state index < -0.39 is 0 Å². The molecule has 0 radical (unpaired) electrons. The van der Waals surface area contributed by atoms with E-state index in [4.69, 9.17) is 4.74 Å². The molecule has 1 aliphatic heterocycles. The van der Waals surface area contributed by atoms with Crippen LogP contribution >= 0.6 is 35.3 Å². The Labute approximate surface area is 214 Å². The van der Waals surface area contributed by atoms with Crippen molar-refractivity contribution in [2.75, 3.05) is 40.3 Å². The van der Waals surface area contributed by atoms with Gasteiger partial charge in [0, 0.05) is 32.1 Å². The van der Waals surface area contributed by atoms with Gasteiger partial charge in [-0.25, -0.2) is 4.98 Å². The van der Waals surface area contributed by atoms with Gasteiger partial charge in [0.25, 0.3) is 0 Å². The molecule has 6 nitrogen and oxygen atoms in total. The minimum atomic E-state index is 0. The molecule has 1 unspecified atom stereocenters. The lowest BCUT2D eigenvalue weighted by atomic mass is 9.96. The number of aromatic nitrogens is 1. The van der Waals surface area contributed by atoms with Crippen LogP contribution in [0, 0.1) is 12.8 Å². The Balaban J connectivity index is 0.00000363. The summed E-state index contributed by atoms with van der Waals surface area (Å²) < 4.78 is 5.24. The van der Waals surface area contributed by atoms with Crippen molar-refractivity contribution in [3.8, 4) is 5.75 Å². The second-order valence-electron chi connectivity index (χ2n) is 8.42. The lowest BCUT2D eigenvalue weighted by Gasteiger charge is -2.31. The average molecular weight is 572 g/mol. The molecular weight excluding hydrogens is 533 g/mol. The molecule has 32 heavy (non-hydrogen) atoms. The van der Waals surface area contributed by atoms with Gasteiger partial charge in [-0.1, -0.05) is 19.1 Å². The third kappa shape index (κ3) is 8.51. The summed E-state index contributed by atoms with van der Waals surface area (Å²) in [5, 5.41) is 10.3. The largest absolute Gasteiger partial charge is 0.497 e. The third-order valence-electron chi connectivity index (χ3n) is 6.10. The number of hydrogen-bond acceptors (Lipinski definition) is 5. The summed E-state index contributed by atoms with van der Waals surface area (Å²) in [5.74, 6) is 3.00. The van der Waals surface area contributed by atoms with E-state index in [9.17, 15) is 0 Å². The highest BCUT2D eigenvalue weighted by Gasteiger charge is 2.20. The molecule has 2 aromatic rings. The van der Waals surface area contributed by atoms with E-state index in [1.54, 1.807) is 18.4 Å². The molecule has 1 aromatic heterocycles. The molecule has 178 valence electrons. The summed E-state index contributed by atoms with van der Waals surface area (Å²) in [6.07, 6.45) is 3.50. The Morgan fingerprint density at radius 3 is 2.56 bits per heavy atom. The smallest absolute Gasteiger partial charge is 0.190 e. The van der Waals surface area contributed by atoms with Crippen molar-refractivity contribution in [3.63, 3.8) is 0 Å². The fourth-order valence-corrected chi connectivity index (χ4v) is 4.63. The molecule has 1 fully saturated rings. The van der Waals surface area contributed by atoms with Crippen LogP contribution in [0.5, 0.6) is 5.75 Å². The molecule has 8 heteroatoms. The van der Waals surface area contributed by atoms with E-state index in [0.717, 1.165) is 55.9 Å². The Hall–Kier alpha value is -1.39. The number of guanidine groups is 1. The number of nitrogens with one attached hydrogen (secondary N) is 2. The number of thiazole rings is 1. The van der Waals surface area contributed by atoms with Gasteiger partial charge in [-0.05, 0) is 68.8 Å². The number of ether oxygens (including phenoxy) is 1. The van der Waals surface area contributed by atoms with Crippen LogP contribution in [0.25, 0.3) is 0 Å². The van der Waals surface area contributed by atoms with E-state index >= 15 is 0 Å². The molecule has 1 aromatic carbocycles. The molecule has 0 aliphatic carbocycles. The quantitative estimate of drug-likeness (QED) is 0.261. The third-order valence-corrected chi connectivity index (χ3v) is 6.92. The fraction of sp³-hybridized carbons (Fsp3) is 0.583. The first kappa shape index (κ1) is 26.9. The zero-order valence-electron chi connectivity index (χ0n) is 19.8. The van der Waals surface area contributed by atoms with E-state index in [1.165, 1.54) is 24.1 Å². The number of aliphatic imine (C=N–C) groups is 1. The number of piperidine rings is 1. The number of hydrogen-bond donors (Lipinski definition) is 2. The maximum absolute atomic E-state index is 5.24. The molecular formula is C24H38IN5OS. The normalized spacial score (nSPS) is 16.3. The summed E-state index contributed by atoms with van der Waals surface area (Å²) in [4.78, 5) is 11.5. The number of rotatable bonds is 9. The van der Waals surface area contributed by atoms with Crippen LogP contribution in [0.15, 0.2) is 34.6 Å². The van der Waals surface area contributed by atoms with Gasteiger partial charge < -0.3 is 15.4 Å². The Kier molecular flexibility index (Phi) is 11.7. The molecule has 0 spiro atoms. The molecule has 0 amide bonds. The molecule has 2 heterocycles. The predicted octanol–water partition coefficient (Wildman–Crippen LogP) is 4.65. The number of likely N-dealkylation sites (tertiary alicyclic amines) is 1. The second-order valence-corrected chi connectivity index (χ2v) is 9.48. The van der Waals surface area contributed by atoms with Gasteiger partial charge in [-0.15, -0.1) is 35.3 Å². The first-order valence-corrected chi connectivity index (χ1v) is 12.2. The van der Waals surface area contributed by atoms with E-state index in [0.29, 0.717) is 11.8 Å². The number of aryl methyl sites for hydroxylation is 1. The van der Waals surface area contributed by atoms with E-state index in [-0.39, 0.29) is 24.0 Å². The van der Waals surface area contributed by atoms with Crippen molar-refractivity contribution in [3.05, 3.63) is 45.9 Å². The monoisotopic (exact) mass is 571 g/mol. The maximum atomic E-state index is 5.24. The van der Waals surface area contributed by atoms with Gasteiger partial charge in [0.15, 0.2) is 5.96 Å². The molecule has 0 bridgehead atoms. The first-order chi connectivity index (χ1) is 15.1. The highest BCUT2D eigenvalue weighted by molar-refractivity contribution is 14.0. The van der Waals surface area contributed by atoms with Crippen LogP contribution in [0.2, 0.25) is 0 Å². The fourth-order valence-electron chi connectivity index (χ4n) is 4.03. The summed E-state index contributed by atoms with van der Waals surface area (Å²) in [7, 11) is 3.55. The lowest BCUT2D eigenvalue weighted by molar-refractivity contribution is 0.176. The van der Waals surface area contributed by atoms with Gasteiger partial charge in [0.1, 0.15) is 5.75 Å². The topological polar surface area (TPSA) is 61.8 Å². The van der Waals surface area contributed by atoms with E-state index in [1.807, 2.05) is 19.2 Å². The van der Waals surface area contributed by atoms with Gasteiger partial charge in [0.2, 0.25) is 0 Å². The zero-order chi connectivity index (χ0) is 22.1. The second kappa shape index (κ2) is 14.0. The van der Waals surface area contributed by atoms with Crippen molar-refractivity contribution < 1.29 is 4.74 Å². The summed E-state index contributed by atoms with van der Waals surface area (Å²) in [5.41, 5.74) is 2.55. The number of benzene rings is 1. The number of halogens is 1. The van der Waals surface area contributed by atoms with Crippen LogP contribution in [0.3, 0.4) is 0 Å². The highest BCUT2D eigenvalue weighted by Crippen LogP contribution is 2.21. The van der Waals surface area contributed by atoms with Crippen LogP contribution in [0.4, 0.5) is 0 Å². The minimum Gasteiger partial charge on any atom is -0.497 e. The Bertz CT molecular complexity index is 818. The zero-order valence-corrected chi connectivity index (χ0v) is 22.9. The summed E-state index contributed by atoms with van der Waals surface area (Å²) in [6, 6.07) is 8.36. The number of methoxy groups -OCH3 is 1. The highest BCUT2D eigenvalue weighted by atomic mass is 127. The minimum absolute atomic E-state index is 0. The number of nitrogens with zero attached hydrogens (tertiary/aromatic N) is 3. The first-order valence-electron chi connectivity index (χ1n) is 11.3. The SMILES string of the molecule is CN=C(NCCC(C)c1ccc(OC)cc1)NCC1CCN(Cc2csc(C)n2)CC1.I. The average Bonchev–Trinajstić information content (AvgIpc) is 3.21.